The summed E-state index contributed by atoms with van der Waals surface area (Å²) in [4.78, 5) is 12.0. The number of nitrogens with zero attached hydrogens (tertiary/aromatic N) is 1. The normalized spacial score (nSPS) is 10.7. The fourth-order valence-corrected chi connectivity index (χ4v) is 1.79. The number of hydrogen-bond donors (Lipinski definition) is 1. The first kappa shape index (κ1) is 10.6. The minimum atomic E-state index is -0.0940. The van der Waals surface area contributed by atoms with Crippen molar-refractivity contribution in [2.75, 3.05) is 7.11 Å². The van der Waals surface area contributed by atoms with Crippen LogP contribution in [-0.4, -0.2) is 17.3 Å². The van der Waals surface area contributed by atoms with E-state index in [-0.39, 0.29) is 5.43 Å². The van der Waals surface area contributed by atoms with Crippen molar-refractivity contribution in [3.63, 3.8) is 0 Å². The van der Waals surface area contributed by atoms with E-state index in [1.807, 2.05) is 0 Å². The van der Waals surface area contributed by atoms with Crippen LogP contribution in [0, 0.1) is 0 Å². The largest absolute Gasteiger partial charge is 0.497 e. The lowest BCUT2D eigenvalue weighted by Crippen LogP contribution is -2.00. The molecule has 5 nitrogen and oxygen atoms in total. The van der Waals surface area contributed by atoms with Crippen LogP contribution in [0.15, 0.2) is 45.7 Å². The molecule has 2 aromatic heterocycles. The molecule has 1 N–H and O–H groups in total. The molecule has 1 aromatic carbocycles. The lowest BCUT2D eigenvalue weighted by Gasteiger charge is -2.03. The number of methoxy groups -OCH3 is 1. The Balaban J connectivity index is 2.28. The van der Waals surface area contributed by atoms with Crippen molar-refractivity contribution >= 4 is 11.0 Å². The second-order valence-electron chi connectivity index (χ2n) is 3.81. The summed E-state index contributed by atoms with van der Waals surface area (Å²) in [7, 11) is 1.57. The lowest BCUT2D eigenvalue weighted by atomic mass is 10.2. The fraction of sp³-hybridized carbons (Fsp3) is 0.0769. The molecule has 0 spiro atoms. The van der Waals surface area contributed by atoms with E-state index >= 15 is 0 Å². The van der Waals surface area contributed by atoms with Crippen LogP contribution in [0.5, 0.6) is 5.75 Å². The third-order valence-electron chi connectivity index (χ3n) is 2.70. The number of aromatic amines is 1. The number of H-pyrrole nitrogens is 1. The Labute approximate surface area is 102 Å². The average Bonchev–Trinajstić information content (AvgIpc) is 2.91. The molecule has 5 heteroatoms. The number of fused-ring (bicyclic) bond motifs is 1. The number of nitrogens with one attached hydrogen (secondary N) is 1. The summed E-state index contributed by atoms with van der Waals surface area (Å²) >= 11 is 0. The Morgan fingerprint density at radius 1 is 1.28 bits per heavy atom. The summed E-state index contributed by atoms with van der Waals surface area (Å²) in [5, 5.41) is 7.12. The van der Waals surface area contributed by atoms with Crippen LogP contribution in [0.4, 0.5) is 0 Å². The van der Waals surface area contributed by atoms with Gasteiger partial charge in [0.2, 0.25) is 0 Å². The zero-order chi connectivity index (χ0) is 12.5. The van der Waals surface area contributed by atoms with Crippen molar-refractivity contribution in [3.8, 4) is 17.2 Å². The van der Waals surface area contributed by atoms with Gasteiger partial charge in [-0.1, -0.05) is 0 Å². The first-order valence-electron chi connectivity index (χ1n) is 5.39. The maximum atomic E-state index is 12.0. The molecule has 18 heavy (non-hydrogen) atoms. The second-order valence-corrected chi connectivity index (χ2v) is 3.81. The second kappa shape index (κ2) is 4.03. The highest BCUT2D eigenvalue weighted by Crippen LogP contribution is 2.23. The monoisotopic (exact) mass is 242 g/mol. The van der Waals surface area contributed by atoms with E-state index in [9.17, 15) is 4.79 Å². The molecule has 90 valence electrons. The topological polar surface area (TPSA) is 68.1 Å². The molecular weight excluding hydrogens is 232 g/mol. The van der Waals surface area contributed by atoms with Gasteiger partial charge in [-0.2, -0.15) is 5.10 Å². The van der Waals surface area contributed by atoms with Crippen molar-refractivity contribution in [1.82, 2.24) is 10.2 Å². The Morgan fingerprint density at radius 3 is 2.89 bits per heavy atom. The molecule has 0 aliphatic rings. The zero-order valence-electron chi connectivity index (χ0n) is 9.64. The van der Waals surface area contributed by atoms with Crippen LogP contribution in [0.25, 0.3) is 22.4 Å². The van der Waals surface area contributed by atoms with Gasteiger partial charge < -0.3 is 9.15 Å². The van der Waals surface area contributed by atoms with Crippen LogP contribution < -0.4 is 10.2 Å². The summed E-state index contributed by atoms with van der Waals surface area (Å²) in [5.74, 6) is 1.10. The van der Waals surface area contributed by atoms with Gasteiger partial charge in [-0.3, -0.25) is 9.89 Å². The summed E-state index contributed by atoms with van der Waals surface area (Å²) in [6.45, 7) is 0. The molecule has 3 aromatic rings. The molecule has 2 heterocycles. The number of benzene rings is 1. The number of aromatic nitrogens is 2. The van der Waals surface area contributed by atoms with E-state index < -0.39 is 0 Å². The van der Waals surface area contributed by atoms with Gasteiger partial charge in [-0.15, -0.1) is 0 Å². The van der Waals surface area contributed by atoms with E-state index in [0.29, 0.717) is 28.2 Å². The van der Waals surface area contributed by atoms with Crippen LogP contribution >= 0.6 is 0 Å². The maximum absolute atomic E-state index is 12.0. The van der Waals surface area contributed by atoms with E-state index in [1.165, 1.54) is 6.07 Å². The Bertz CT molecular complexity index is 745. The summed E-state index contributed by atoms with van der Waals surface area (Å²) in [5.41, 5.74) is 1.06. The first-order valence-corrected chi connectivity index (χ1v) is 5.39. The quantitative estimate of drug-likeness (QED) is 0.747. The number of ether oxygens (including phenoxy) is 1. The summed E-state index contributed by atoms with van der Waals surface area (Å²) < 4.78 is 10.8. The predicted molar refractivity (Wildman–Crippen MR) is 66.6 cm³/mol. The summed E-state index contributed by atoms with van der Waals surface area (Å²) in [6, 6.07) is 8.30. The highest BCUT2D eigenvalue weighted by atomic mass is 16.5. The van der Waals surface area contributed by atoms with Gasteiger partial charge >= 0.3 is 0 Å². The third kappa shape index (κ3) is 1.66. The van der Waals surface area contributed by atoms with Gasteiger partial charge in [-0.05, 0) is 18.2 Å². The molecule has 0 fully saturated rings. The highest BCUT2D eigenvalue weighted by Gasteiger charge is 2.08. The molecular formula is C13H10N2O3. The Hall–Kier alpha value is -2.56. The fourth-order valence-electron chi connectivity index (χ4n) is 1.79. The van der Waals surface area contributed by atoms with Crippen LogP contribution in [0.2, 0.25) is 0 Å². The summed E-state index contributed by atoms with van der Waals surface area (Å²) in [6.07, 6.45) is 1.60. The van der Waals surface area contributed by atoms with Crippen molar-refractivity contribution in [1.29, 1.82) is 0 Å². The van der Waals surface area contributed by atoms with Gasteiger partial charge in [0.25, 0.3) is 0 Å². The van der Waals surface area contributed by atoms with Gasteiger partial charge in [0.05, 0.1) is 12.5 Å². The first-order chi connectivity index (χ1) is 8.78. The molecule has 0 saturated carbocycles. The van der Waals surface area contributed by atoms with Crippen LogP contribution in [-0.2, 0) is 0 Å². The van der Waals surface area contributed by atoms with E-state index in [4.69, 9.17) is 9.15 Å². The van der Waals surface area contributed by atoms with Crippen molar-refractivity contribution < 1.29 is 9.15 Å². The molecule has 3 rings (SSSR count). The van der Waals surface area contributed by atoms with Crippen molar-refractivity contribution in [3.05, 3.63) is 46.8 Å². The number of rotatable bonds is 2. The Morgan fingerprint density at radius 2 is 2.17 bits per heavy atom. The van der Waals surface area contributed by atoms with Crippen LogP contribution in [0.1, 0.15) is 0 Å². The van der Waals surface area contributed by atoms with Crippen molar-refractivity contribution in [2.45, 2.75) is 0 Å². The molecule has 0 bridgehead atoms. The van der Waals surface area contributed by atoms with E-state index in [1.54, 1.807) is 37.6 Å². The smallest absolute Gasteiger partial charge is 0.193 e. The Kier molecular flexibility index (Phi) is 2.37. The molecule has 0 saturated heterocycles. The highest BCUT2D eigenvalue weighted by molar-refractivity contribution is 5.79. The third-order valence-corrected chi connectivity index (χ3v) is 2.70. The van der Waals surface area contributed by atoms with Crippen molar-refractivity contribution in [2.24, 2.45) is 0 Å². The number of hydrogen-bond acceptors (Lipinski definition) is 4. The molecule has 0 atom stereocenters. The molecule has 0 amide bonds. The molecule has 0 aliphatic carbocycles. The molecule has 0 unspecified atom stereocenters. The lowest BCUT2D eigenvalue weighted by molar-refractivity contribution is 0.414. The van der Waals surface area contributed by atoms with Gasteiger partial charge in [0.1, 0.15) is 17.0 Å². The minimum absolute atomic E-state index is 0.0940. The molecule has 0 aliphatic heterocycles. The van der Waals surface area contributed by atoms with Gasteiger partial charge in [-0.25, -0.2) is 0 Å². The van der Waals surface area contributed by atoms with Gasteiger partial charge in [0, 0.05) is 18.3 Å². The predicted octanol–water partition coefficient (Wildman–Crippen LogP) is 2.19. The SMILES string of the molecule is COc1ccc2c(=O)cc(-c3ccn[nH]3)oc2c1. The molecule has 0 radical (unpaired) electrons. The van der Waals surface area contributed by atoms with Crippen LogP contribution in [0.3, 0.4) is 0 Å². The maximum Gasteiger partial charge on any atom is 0.193 e. The zero-order valence-corrected chi connectivity index (χ0v) is 9.64. The van der Waals surface area contributed by atoms with E-state index in [2.05, 4.69) is 10.2 Å². The minimum Gasteiger partial charge on any atom is -0.497 e. The van der Waals surface area contributed by atoms with E-state index in [0.717, 1.165) is 0 Å². The standard InChI is InChI=1S/C13H10N2O3/c1-17-8-2-3-9-11(16)7-13(18-12(9)6-8)10-4-5-14-15-10/h2-7H,1H3,(H,14,15). The average molecular weight is 242 g/mol. The van der Waals surface area contributed by atoms with Gasteiger partial charge in [0.15, 0.2) is 11.2 Å².